The van der Waals surface area contributed by atoms with Crippen molar-refractivity contribution in [3.8, 4) is 5.95 Å². The number of hydrogen-bond donors (Lipinski definition) is 2. The topological polar surface area (TPSA) is 83.8 Å². The number of carbonyl (C=O) groups excluding carboxylic acids is 1. The number of rotatable bonds is 7. The first kappa shape index (κ1) is 15.8. The Bertz CT molecular complexity index is 607. The molecule has 7 heteroatoms. The van der Waals surface area contributed by atoms with Gasteiger partial charge in [-0.3, -0.25) is 9.36 Å². The molecular weight excluding hydrogens is 288 g/mol. The van der Waals surface area contributed by atoms with Crippen molar-refractivity contribution in [2.45, 2.75) is 20.8 Å². The summed E-state index contributed by atoms with van der Waals surface area (Å²) in [5.41, 5.74) is 2.53. The van der Waals surface area contributed by atoms with Gasteiger partial charge in [-0.15, -0.1) is 0 Å². The standard InChI is InChI=1S/C14H20N4O2S/c1-9(5-19)6-21-7-13(20)12-4-10(2)18(11(12)3)14-15-8-16-17-14/h4,8-9,19H,5-7H2,1-3H3,(H,15,16,17). The Kier molecular flexibility index (Phi) is 5.19. The largest absolute Gasteiger partial charge is 0.396 e. The van der Waals surface area contributed by atoms with Gasteiger partial charge in [-0.05, 0) is 31.6 Å². The number of aromatic nitrogens is 4. The fourth-order valence-corrected chi connectivity index (χ4v) is 3.13. The zero-order valence-electron chi connectivity index (χ0n) is 12.5. The smallest absolute Gasteiger partial charge is 0.229 e. The van der Waals surface area contributed by atoms with Gasteiger partial charge in [0, 0.05) is 23.6 Å². The summed E-state index contributed by atoms with van der Waals surface area (Å²) in [7, 11) is 0. The Morgan fingerprint density at radius 1 is 1.52 bits per heavy atom. The van der Waals surface area contributed by atoms with E-state index in [1.807, 2.05) is 31.4 Å². The third-order valence-electron chi connectivity index (χ3n) is 3.29. The average molecular weight is 308 g/mol. The van der Waals surface area contributed by atoms with Crippen LogP contribution in [0.4, 0.5) is 0 Å². The lowest BCUT2D eigenvalue weighted by Gasteiger charge is -2.07. The van der Waals surface area contributed by atoms with Crippen LogP contribution in [-0.4, -0.2) is 48.8 Å². The van der Waals surface area contributed by atoms with Crippen molar-refractivity contribution in [3.63, 3.8) is 0 Å². The minimum Gasteiger partial charge on any atom is -0.396 e. The first-order valence-electron chi connectivity index (χ1n) is 6.81. The van der Waals surface area contributed by atoms with Crippen molar-refractivity contribution in [2.75, 3.05) is 18.1 Å². The molecule has 0 spiro atoms. The van der Waals surface area contributed by atoms with Crippen LogP contribution in [0.25, 0.3) is 5.95 Å². The van der Waals surface area contributed by atoms with Gasteiger partial charge in [-0.25, -0.2) is 5.10 Å². The molecule has 0 aliphatic heterocycles. The van der Waals surface area contributed by atoms with Crippen molar-refractivity contribution in [3.05, 3.63) is 29.3 Å². The van der Waals surface area contributed by atoms with Crippen LogP contribution in [0.2, 0.25) is 0 Å². The van der Waals surface area contributed by atoms with E-state index in [1.54, 1.807) is 11.8 Å². The summed E-state index contributed by atoms with van der Waals surface area (Å²) < 4.78 is 1.89. The third-order valence-corrected chi connectivity index (χ3v) is 4.56. The number of thioether (sulfide) groups is 1. The highest BCUT2D eigenvalue weighted by Gasteiger charge is 2.18. The lowest BCUT2D eigenvalue weighted by Crippen LogP contribution is -2.09. The fraction of sp³-hybridized carbons (Fsp3) is 0.500. The molecule has 0 bridgehead atoms. The summed E-state index contributed by atoms with van der Waals surface area (Å²) in [4.78, 5) is 16.5. The predicted molar refractivity (Wildman–Crippen MR) is 83.1 cm³/mol. The number of aliphatic hydroxyl groups excluding tert-OH is 1. The van der Waals surface area contributed by atoms with Crippen LogP contribution in [0.3, 0.4) is 0 Å². The van der Waals surface area contributed by atoms with E-state index in [1.165, 1.54) is 6.33 Å². The first-order chi connectivity index (χ1) is 10.0. The molecular formula is C14H20N4O2S. The summed E-state index contributed by atoms with van der Waals surface area (Å²) >= 11 is 1.56. The Balaban J connectivity index is 2.11. The lowest BCUT2D eigenvalue weighted by atomic mass is 10.2. The van der Waals surface area contributed by atoms with Crippen LogP contribution >= 0.6 is 11.8 Å². The van der Waals surface area contributed by atoms with Crippen LogP contribution in [0, 0.1) is 19.8 Å². The highest BCUT2D eigenvalue weighted by Crippen LogP contribution is 2.20. The molecule has 2 N–H and O–H groups in total. The summed E-state index contributed by atoms with van der Waals surface area (Å²) in [5, 5.41) is 15.6. The Morgan fingerprint density at radius 2 is 2.29 bits per heavy atom. The molecule has 21 heavy (non-hydrogen) atoms. The summed E-state index contributed by atoms with van der Waals surface area (Å²) in [5.74, 6) is 2.13. The molecule has 114 valence electrons. The number of Topliss-reactive ketones (excluding diaryl/α,β-unsaturated/α-hetero) is 1. The second kappa shape index (κ2) is 6.91. The maximum atomic E-state index is 12.3. The molecule has 0 fully saturated rings. The van der Waals surface area contributed by atoms with Gasteiger partial charge in [0.15, 0.2) is 5.78 Å². The van der Waals surface area contributed by atoms with Gasteiger partial charge in [-0.1, -0.05) is 6.92 Å². The number of aliphatic hydroxyl groups is 1. The minimum atomic E-state index is 0.101. The zero-order chi connectivity index (χ0) is 15.4. The summed E-state index contributed by atoms with van der Waals surface area (Å²) in [6, 6.07) is 1.89. The number of nitrogens with zero attached hydrogens (tertiary/aromatic N) is 3. The summed E-state index contributed by atoms with van der Waals surface area (Å²) in [6.07, 6.45) is 1.45. The lowest BCUT2D eigenvalue weighted by molar-refractivity contribution is 0.102. The monoisotopic (exact) mass is 308 g/mol. The molecule has 6 nitrogen and oxygen atoms in total. The molecule has 0 aliphatic rings. The zero-order valence-corrected chi connectivity index (χ0v) is 13.3. The van der Waals surface area contributed by atoms with Crippen LogP contribution in [-0.2, 0) is 0 Å². The second-order valence-corrected chi connectivity index (χ2v) is 6.19. The highest BCUT2D eigenvalue weighted by molar-refractivity contribution is 7.99. The van der Waals surface area contributed by atoms with E-state index < -0.39 is 0 Å². The molecule has 2 heterocycles. The number of carbonyl (C=O) groups is 1. The fourth-order valence-electron chi connectivity index (χ4n) is 2.16. The highest BCUT2D eigenvalue weighted by atomic mass is 32.2. The van der Waals surface area contributed by atoms with Crippen LogP contribution in [0.5, 0.6) is 0 Å². The second-order valence-electron chi connectivity index (χ2n) is 5.16. The maximum absolute atomic E-state index is 12.3. The van der Waals surface area contributed by atoms with Crippen molar-refractivity contribution < 1.29 is 9.90 Å². The number of H-pyrrole nitrogens is 1. The average Bonchev–Trinajstić information content (AvgIpc) is 3.06. The molecule has 2 aromatic rings. The van der Waals surface area contributed by atoms with Crippen LogP contribution in [0.1, 0.15) is 28.7 Å². The van der Waals surface area contributed by atoms with Gasteiger partial charge < -0.3 is 5.11 Å². The van der Waals surface area contributed by atoms with E-state index in [0.29, 0.717) is 17.3 Å². The van der Waals surface area contributed by atoms with Gasteiger partial charge in [0.1, 0.15) is 6.33 Å². The molecule has 1 atom stereocenters. The molecule has 0 aromatic carbocycles. The molecule has 0 saturated heterocycles. The molecule has 0 amide bonds. The predicted octanol–water partition coefficient (Wildman–Crippen LogP) is 1.76. The molecule has 2 aromatic heterocycles. The Labute approximate surface area is 128 Å². The minimum absolute atomic E-state index is 0.101. The van der Waals surface area contributed by atoms with Crippen molar-refractivity contribution in [2.24, 2.45) is 5.92 Å². The number of aryl methyl sites for hydroxylation is 1. The van der Waals surface area contributed by atoms with E-state index in [-0.39, 0.29) is 18.3 Å². The van der Waals surface area contributed by atoms with E-state index >= 15 is 0 Å². The molecule has 1 unspecified atom stereocenters. The Morgan fingerprint density at radius 3 is 2.90 bits per heavy atom. The Hall–Kier alpha value is -1.60. The third kappa shape index (κ3) is 3.54. The number of ketones is 1. The van der Waals surface area contributed by atoms with E-state index in [0.717, 1.165) is 17.1 Å². The van der Waals surface area contributed by atoms with Crippen molar-refractivity contribution >= 4 is 17.5 Å². The maximum Gasteiger partial charge on any atom is 0.229 e. The van der Waals surface area contributed by atoms with E-state index in [2.05, 4.69) is 15.2 Å². The normalized spacial score (nSPS) is 12.6. The number of nitrogens with one attached hydrogen (secondary N) is 1. The van der Waals surface area contributed by atoms with Gasteiger partial charge in [-0.2, -0.15) is 21.8 Å². The quantitative estimate of drug-likeness (QED) is 0.761. The van der Waals surface area contributed by atoms with E-state index in [4.69, 9.17) is 5.11 Å². The molecule has 0 radical (unpaired) electrons. The number of hydrogen-bond acceptors (Lipinski definition) is 5. The van der Waals surface area contributed by atoms with Crippen LogP contribution in [0.15, 0.2) is 12.4 Å². The van der Waals surface area contributed by atoms with Crippen molar-refractivity contribution in [1.82, 2.24) is 19.7 Å². The SMILES string of the molecule is Cc1cc(C(=O)CSCC(C)CO)c(C)n1-c1ncn[nH]1. The number of aromatic amines is 1. The van der Waals surface area contributed by atoms with Gasteiger partial charge >= 0.3 is 0 Å². The van der Waals surface area contributed by atoms with Gasteiger partial charge in [0.05, 0.1) is 5.75 Å². The van der Waals surface area contributed by atoms with Gasteiger partial charge in [0.25, 0.3) is 0 Å². The molecule has 0 aliphatic carbocycles. The van der Waals surface area contributed by atoms with Crippen molar-refractivity contribution in [1.29, 1.82) is 0 Å². The molecule has 2 rings (SSSR count). The van der Waals surface area contributed by atoms with Gasteiger partial charge in [0.2, 0.25) is 5.95 Å². The molecule has 0 saturated carbocycles. The van der Waals surface area contributed by atoms with E-state index in [9.17, 15) is 4.79 Å². The first-order valence-corrected chi connectivity index (χ1v) is 7.96. The van der Waals surface area contributed by atoms with Crippen LogP contribution < -0.4 is 0 Å². The summed E-state index contributed by atoms with van der Waals surface area (Å²) in [6.45, 7) is 5.96.